The van der Waals surface area contributed by atoms with Gasteiger partial charge in [-0.3, -0.25) is 0 Å². The van der Waals surface area contributed by atoms with Crippen LogP contribution in [-0.2, 0) is 13.1 Å². The van der Waals surface area contributed by atoms with Crippen molar-refractivity contribution in [2.24, 2.45) is 0 Å². The number of pyridine rings is 1. The van der Waals surface area contributed by atoms with Crippen molar-refractivity contribution >= 4 is 22.2 Å². The van der Waals surface area contributed by atoms with Gasteiger partial charge in [0.05, 0.1) is 25.4 Å². The summed E-state index contributed by atoms with van der Waals surface area (Å²) in [6.45, 7) is 1.31. The number of hydrogen-bond donors (Lipinski definition) is 1. The van der Waals surface area contributed by atoms with Gasteiger partial charge >= 0.3 is 0 Å². The first kappa shape index (κ1) is 19.4. The van der Waals surface area contributed by atoms with Crippen LogP contribution in [0.25, 0.3) is 22.2 Å². The Balaban J connectivity index is 1.59. The van der Waals surface area contributed by atoms with Gasteiger partial charge in [-0.25, -0.2) is 9.37 Å². The van der Waals surface area contributed by atoms with E-state index in [1.807, 2.05) is 29.6 Å². The molecule has 4 rings (SSSR count). The highest BCUT2D eigenvalue weighted by Gasteiger charge is 2.11. The first-order valence-corrected chi connectivity index (χ1v) is 10.2. The van der Waals surface area contributed by atoms with E-state index in [2.05, 4.69) is 16.8 Å². The Morgan fingerprint density at radius 2 is 1.83 bits per heavy atom. The number of ether oxygens (including phenoxy) is 2. The van der Waals surface area contributed by atoms with Gasteiger partial charge in [-0.2, -0.15) is 11.3 Å². The van der Waals surface area contributed by atoms with Crippen LogP contribution in [0.3, 0.4) is 0 Å². The van der Waals surface area contributed by atoms with Gasteiger partial charge in [0.15, 0.2) is 11.5 Å². The molecule has 0 aliphatic heterocycles. The van der Waals surface area contributed by atoms with Gasteiger partial charge in [-0.1, -0.05) is 6.07 Å². The molecule has 0 saturated heterocycles. The van der Waals surface area contributed by atoms with Crippen molar-refractivity contribution < 1.29 is 13.9 Å². The second kappa shape index (κ2) is 8.59. The number of hydrogen-bond acceptors (Lipinski definition) is 5. The van der Waals surface area contributed by atoms with E-state index >= 15 is 0 Å². The van der Waals surface area contributed by atoms with Crippen LogP contribution in [0.15, 0.2) is 59.3 Å². The van der Waals surface area contributed by atoms with Crippen LogP contribution < -0.4 is 14.8 Å². The van der Waals surface area contributed by atoms with E-state index in [4.69, 9.17) is 14.5 Å². The molecule has 0 radical (unpaired) electrons. The topological polar surface area (TPSA) is 43.4 Å². The smallest absolute Gasteiger partial charge is 0.161 e. The maximum atomic E-state index is 13.6. The van der Waals surface area contributed by atoms with Gasteiger partial charge in [0.25, 0.3) is 0 Å². The number of fused-ring (bicyclic) bond motifs is 1. The van der Waals surface area contributed by atoms with E-state index in [1.165, 1.54) is 12.1 Å². The van der Waals surface area contributed by atoms with Crippen LogP contribution in [0, 0.1) is 5.82 Å². The molecule has 2 aromatic heterocycles. The molecule has 0 aliphatic rings. The van der Waals surface area contributed by atoms with E-state index in [-0.39, 0.29) is 5.82 Å². The lowest BCUT2D eigenvalue weighted by molar-refractivity contribution is 0.354. The normalized spacial score (nSPS) is 11.0. The minimum Gasteiger partial charge on any atom is -0.493 e. The van der Waals surface area contributed by atoms with E-state index in [1.54, 1.807) is 31.6 Å². The Bertz CT molecular complexity index is 1130. The molecule has 0 saturated carbocycles. The molecule has 6 heteroatoms. The number of halogens is 1. The van der Waals surface area contributed by atoms with Crippen molar-refractivity contribution in [1.82, 2.24) is 10.3 Å². The lowest BCUT2D eigenvalue weighted by Crippen LogP contribution is -2.14. The van der Waals surface area contributed by atoms with Crippen molar-refractivity contribution in [2.45, 2.75) is 13.1 Å². The molecule has 29 heavy (non-hydrogen) atoms. The summed E-state index contributed by atoms with van der Waals surface area (Å²) in [6.07, 6.45) is 0. The number of nitrogens with zero attached hydrogens (tertiary/aromatic N) is 1. The monoisotopic (exact) mass is 408 g/mol. The van der Waals surface area contributed by atoms with E-state index < -0.39 is 0 Å². The van der Waals surface area contributed by atoms with Crippen LogP contribution in [0.4, 0.5) is 4.39 Å². The Hall–Kier alpha value is -2.96. The summed E-state index contributed by atoms with van der Waals surface area (Å²) in [5, 5.41) is 8.48. The predicted octanol–water partition coefficient (Wildman–Crippen LogP) is 5.41. The maximum Gasteiger partial charge on any atom is 0.161 e. The summed E-state index contributed by atoms with van der Waals surface area (Å²) in [5.41, 5.74) is 4.75. The molecule has 1 N–H and O–H groups in total. The van der Waals surface area contributed by atoms with Crippen LogP contribution >= 0.6 is 11.3 Å². The number of benzene rings is 2. The molecule has 2 aromatic carbocycles. The van der Waals surface area contributed by atoms with Crippen molar-refractivity contribution in [2.75, 3.05) is 14.2 Å². The summed E-state index contributed by atoms with van der Waals surface area (Å²) in [7, 11) is 3.26. The zero-order valence-electron chi connectivity index (χ0n) is 16.2. The number of nitrogens with one attached hydrogen (secondary N) is 1. The molecule has 0 bridgehead atoms. The van der Waals surface area contributed by atoms with E-state index in [9.17, 15) is 4.39 Å². The third kappa shape index (κ3) is 4.23. The van der Waals surface area contributed by atoms with Crippen molar-refractivity contribution in [3.63, 3.8) is 0 Å². The third-order valence-electron chi connectivity index (χ3n) is 4.75. The molecule has 4 aromatic rings. The molecule has 0 atom stereocenters. The maximum absolute atomic E-state index is 13.6. The van der Waals surface area contributed by atoms with Gasteiger partial charge in [0.2, 0.25) is 0 Å². The van der Waals surface area contributed by atoms with Crippen molar-refractivity contribution in [1.29, 1.82) is 0 Å². The summed E-state index contributed by atoms with van der Waals surface area (Å²) in [6, 6.07) is 14.7. The number of methoxy groups -OCH3 is 2. The zero-order valence-corrected chi connectivity index (χ0v) is 17.1. The van der Waals surface area contributed by atoms with Crippen LogP contribution in [0.1, 0.15) is 11.1 Å². The number of rotatable bonds is 7. The standard InChI is InChI=1S/C23H21FN2O2S/c1-27-21-6-3-15(9-22(21)28-2)12-25-13-18-10-16-4-5-19(24)11-20(16)26-23(18)17-7-8-29-14-17/h3-11,14,25H,12-13H2,1-2H3. The first-order chi connectivity index (χ1) is 14.2. The fraction of sp³-hybridized carbons (Fsp3) is 0.174. The SMILES string of the molecule is COc1ccc(CNCc2cc3ccc(F)cc3nc2-c2ccsc2)cc1OC. The molecule has 0 fully saturated rings. The Kier molecular flexibility index (Phi) is 5.74. The molecule has 4 nitrogen and oxygen atoms in total. The van der Waals surface area contributed by atoms with Crippen LogP contribution in [-0.4, -0.2) is 19.2 Å². The summed E-state index contributed by atoms with van der Waals surface area (Å²) >= 11 is 1.62. The lowest BCUT2D eigenvalue weighted by Gasteiger charge is -2.13. The number of thiophene rings is 1. The first-order valence-electron chi connectivity index (χ1n) is 9.21. The molecule has 2 heterocycles. The lowest BCUT2D eigenvalue weighted by atomic mass is 10.0. The molecular weight excluding hydrogens is 387 g/mol. The summed E-state index contributed by atoms with van der Waals surface area (Å²) in [4.78, 5) is 4.74. The molecule has 0 aliphatic carbocycles. The highest BCUT2D eigenvalue weighted by Crippen LogP contribution is 2.29. The average Bonchev–Trinajstić information content (AvgIpc) is 3.28. The van der Waals surface area contributed by atoms with E-state index in [0.29, 0.717) is 30.1 Å². The minimum atomic E-state index is -0.277. The largest absolute Gasteiger partial charge is 0.493 e. The second-order valence-electron chi connectivity index (χ2n) is 6.64. The van der Waals surface area contributed by atoms with Gasteiger partial charge in [0.1, 0.15) is 5.82 Å². The minimum absolute atomic E-state index is 0.277. The van der Waals surface area contributed by atoms with Gasteiger partial charge in [-0.15, -0.1) is 0 Å². The molecule has 148 valence electrons. The van der Waals surface area contributed by atoms with Crippen LogP contribution in [0.2, 0.25) is 0 Å². The second-order valence-corrected chi connectivity index (χ2v) is 7.42. The van der Waals surface area contributed by atoms with Gasteiger partial charge in [-0.05, 0) is 52.9 Å². The molecular formula is C23H21FN2O2S. The van der Waals surface area contributed by atoms with Gasteiger partial charge < -0.3 is 14.8 Å². The molecule has 0 spiro atoms. The average molecular weight is 408 g/mol. The summed E-state index contributed by atoms with van der Waals surface area (Å²) < 4.78 is 24.3. The Morgan fingerprint density at radius 3 is 2.59 bits per heavy atom. The Labute approximate surface area is 172 Å². The van der Waals surface area contributed by atoms with Gasteiger partial charge in [0, 0.05) is 35.5 Å². The predicted molar refractivity (Wildman–Crippen MR) is 115 cm³/mol. The molecule has 0 unspecified atom stereocenters. The third-order valence-corrected chi connectivity index (χ3v) is 5.43. The quantitative estimate of drug-likeness (QED) is 0.444. The fourth-order valence-corrected chi connectivity index (χ4v) is 3.94. The number of aromatic nitrogens is 1. The van der Waals surface area contributed by atoms with Crippen molar-refractivity contribution in [3.05, 3.63) is 76.2 Å². The van der Waals surface area contributed by atoms with Crippen molar-refractivity contribution in [3.8, 4) is 22.8 Å². The van der Waals surface area contributed by atoms with E-state index in [0.717, 1.165) is 27.8 Å². The highest BCUT2D eigenvalue weighted by molar-refractivity contribution is 7.08. The fourth-order valence-electron chi connectivity index (χ4n) is 3.30. The summed E-state index contributed by atoms with van der Waals surface area (Å²) in [5.74, 6) is 1.14. The molecule has 0 amide bonds. The zero-order chi connectivity index (χ0) is 20.2. The van der Waals surface area contributed by atoms with Crippen LogP contribution in [0.5, 0.6) is 11.5 Å². The highest BCUT2D eigenvalue weighted by atomic mass is 32.1. The Morgan fingerprint density at radius 1 is 0.966 bits per heavy atom.